The fourth-order valence-corrected chi connectivity index (χ4v) is 12.8. The molecule has 0 saturated carbocycles. The lowest BCUT2D eigenvalue weighted by Crippen LogP contribution is -2.31. The van der Waals surface area contributed by atoms with Crippen LogP contribution in [0.1, 0.15) is 146 Å². The molecule has 11 rings (SSSR count). The van der Waals surface area contributed by atoms with Crippen LogP contribution in [-0.4, -0.2) is 92.3 Å². The first kappa shape index (κ1) is 60.5. The number of Topliss-reactive ketones (excluding diaryl/α,β-unsaturated/α-hetero) is 1. The van der Waals surface area contributed by atoms with Gasteiger partial charge in [0.05, 0.1) is 19.6 Å². The number of fused-ring (bicyclic) bond motifs is 8. The number of nitrogens with one attached hydrogen (secondary N) is 3. The van der Waals surface area contributed by atoms with Crippen LogP contribution in [0.15, 0.2) is 113 Å². The van der Waals surface area contributed by atoms with Crippen LogP contribution in [0.5, 0.6) is 17.2 Å². The number of unbranched alkanes of at least 4 members (excludes halogenated alkanes) is 1. The van der Waals surface area contributed by atoms with Crippen molar-refractivity contribution in [2.45, 2.75) is 128 Å². The number of carbonyl (C=O) groups is 1. The van der Waals surface area contributed by atoms with Gasteiger partial charge in [0.25, 0.3) is 0 Å². The number of aliphatic imine (C=N–C) groups is 1. The molecule has 0 aromatic heterocycles. The fraction of sp³-hybridized carbons (Fsp3) is 0.449. The third kappa shape index (κ3) is 15.0. The highest BCUT2D eigenvalue weighted by Crippen LogP contribution is 2.51. The quantitative estimate of drug-likeness (QED) is 0.0120. The largest absolute Gasteiger partial charge is 0.508 e. The van der Waals surface area contributed by atoms with Gasteiger partial charge in [0.1, 0.15) is 36.1 Å². The standard InChI is InChI=1S/C69H85N5O9/c1-6-26-73-41-50-36-57(48-16-9-13-45(31-48)24-29-81-28-11-27-71-3)55-25-30-82-53(34-49-37-62(76)58(50)35-47(49)15-8-7-12-44-14-10-17-51(32-44)74-69(70)72-4)38-52(75)21-19-46-20-23-64(80-5)65(33-46)83-42-61-54-22-18-43(2)56-40-63(77)67(55)60(66(54)56)39-59(61)68(78)79/h9-10,13-14,16-18,20,22-23,31-33,35,37,39-40,43,47,49-50,53,55,57,68,71,73,76-79H,6-8,11-12,15,19,21,24,26-29,34,36,38,41-42H2,1-5H3,(H3,70,72,74). The number of hydrogen-bond acceptors (Lipinski definition) is 12. The molecule has 0 radical (unpaired) electrons. The minimum atomic E-state index is -1.91. The van der Waals surface area contributed by atoms with Crippen molar-refractivity contribution < 1.29 is 44.2 Å². The smallest absolute Gasteiger partial charge is 0.192 e. The molecule has 7 unspecified atom stereocenters. The second kappa shape index (κ2) is 28.9. The highest BCUT2D eigenvalue weighted by atomic mass is 16.5. The number of methoxy groups -OCH3 is 1. The molecule has 0 saturated heterocycles. The summed E-state index contributed by atoms with van der Waals surface area (Å²) in [5, 5.41) is 60.0. The SMILES string of the molecule is CCCNCC1CC(c2cccc(CCOCCCNC)c2)C2C#COC(CC(=O)CCc3ccc(OC)c(c3)OCc3c(C(O)O)cc4c2c(O)cc2c4c3C=CC2C)CC2C=C(O)C1=CC2CCCCc1cccc(NC(N)=NC)c1. The average molecular weight is 1130 g/mol. The zero-order chi connectivity index (χ0) is 58.4. The van der Waals surface area contributed by atoms with E-state index in [4.69, 9.17) is 24.7 Å². The van der Waals surface area contributed by atoms with Gasteiger partial charge < -0.3 is 61.1 Å². The van der Waals surface area contributed by atoms with Gasteiger partial charge in [0.15, 0.2) is 23.7 Å². The molecule has 7 atom stereocenters. The van der Waals surface area contributed by atoms with Crippen molar-refractivity contribution >= 4 is 34.3 Å². The number of aromatic hydroxyl groups is 1. The van der Waals surface area contributed by atoms with E-state index in [0.29, 0.717) is 79.4 Å². The van der Waals surface area contributed by atoms with Crippen LogP contribution >= 0.6 is 0 Å². The molecular formula is C69H85N5O9. The van der Waals surface area contributed by atoms with Gasteiger partial charge in [-0.2, -0.15) is 0 Å². The van der Waals surface area contributed by atoms with Crippen LogP contribution in [0.3, 0.4) is 0 Å². The van der Waals surface area contributed by atoms with Crippen LogP contribution in [0.4, 0.5) is 5.69 Å². The monoisotopic (exact) mass is 1130 g/mol. The summed E-state index contributed by atoms with van der Waals surface area (Å²) in [6.45, 7) is 7.59. The van der Waals surface area contributed by atoms with Crippen molar-refractivity contribution in [3.63, 3.8) is 0 Å². The van der Waals surface area contributed by atoms with Crippen LogP contribution in [0.25, 0.3) is 16.8 Å². The number of ether oxygens (including phenoxy) is 4. The highest BCUT2D eigenvalue weighted by Gasteiger charge is 2.38. The molecule has 5 aromatic carbocycles. The number of allylic oxidation sites excluding steroid dienone is 4. The maximum atomic E-state index is 14.4. The number of nitrogens with zero attached hydrogens (tertiary/aromatic N) is 1. The summed E-state index contributed by atoms with van der Waals surface area (Å²) in [4.78, 5) is 18.5. The van der Waals surface area contributed by atoms with E-state index < -0.39 is 24.2 Å². The summed E-state index contributed by atoms with van der Waals surface area (Å²) in [5.41, 5.74) is 14.9. The number of aryl methyl sites for hydroxylation is 2. The lowest BCUT2D eigenvalue weighted by atomic mass is 9.70. The first-order valence-corrected chi connectivity index (χ1v) is 30.0. The Morgan fingerprint density at radius 2 is 1.77 bits per heavy atom. The third-order valence-corrected chi connectivity index (χ3v) is 17.1. The number of benzene rings is 5. The van der Waals surface area contributed by atoms with Gasteiger partial charge in [-0.3, -0.25) is 9.79 Å². The van der Waals surface area contributed by atoms with Crippen LogP contribution in [0, 0.1) is 29.8 Å². The molecule has 10 bridgehead atoms. The van der Waals surface area contributed by atoms with Crippen molar-refractivity contribution in [2.24, 2.45) is 28.5 Å². The predicted octanol–water partition coefficient (Wildman–Crippen LogP) is 11.3. The number of ketones is 1. The third-order valence-electron chi connectivity index (χ3n) is 17.1. The zero-order valence-corrected chi connectivity index (χ0v) is 49.0. The predicted molar refractivity (Wildman–Crippen MR) is 330 cm³/mol. The number of carbonyl (C=O) groups excluding carboxylic acids is 1. The van der Waals surface area contributed by atoms with Crippen LogP contribution < -0.4 is 31.2 Å². The molecule has 14 heteroatoms. The van der Waals surface area contributed by atoms with E-state index in [-0.39, 0.29) is 66.0 Å². The van der Waals surface area contributed by atoms with E-state index >= 15 is 0 Å². The van der Waals surface area contributed by atoms with Gasteiger partial charge in [0.2, 0.25) is 0 Å². The summed E-state index contributed by atoms with van der Waals surface area (Å²) in [5.74, 6) is 3.49. The molecule has 0 spiro atoms. The van der Waals surface area contributed by atoms with E-state index in [1.165, 1.54) is 5.56 Å². The van der Waals surface area contributed by atoms with Gasteiger partial charge >= 0.3 is 0 Å². The number of rotatable bonds is 20. The first-order valence-electron chi connectivity index (χ1n) is 30.0. The van der Waals surface area contributed by atoms with Gasteiger partial charge in [-0.1, -0.05) is 86.9 Å². The number of phenols is 1. The number of phenolic OH excluding ortho intramolecular Hbond substituents is 1. The number of nitrogens with two attached hydrogens (primary N) is 1. The molecule has 0 amide bonds. The summed E-state index contributed by atoms with van der Waals surface area (Å²) in [6, 6.07) is 26.1. The van der Waals surface area contributed by atoms with Crippen LogP contribution in [0.2, 0.25) is 0 Å². The van der Waals surface area contributed by atoms with Crippen molar-refractivity contribution in [3.8, 4) is 29.3 Å². The Bertz CT molecular complexity index is 3260. The van der Waals surface area contributed by atoms with E-state index in [1.54, 1.807) is 20.2 Å². The number of guanidine groups is 1. The van der Waals surface area contributed by atoms with Crippen molar-refractivity contribution in [3.05, 3.63) is 158 Å². The van der Waals surface area contributed by atoms with E-state index in [1.807, 2.05) is 55.6 Å². The second-order valence-corrected chi connectivity index (χ2v) is 22.9. The highest BCUT2D eigenvalue weighted by molar-refractivity contribution is 6.01. The fourth-order valence-electron chi connectivity index (χ4n) is 12.8. The van der Waals surface area contributed by atoms with Gasteiger partial charge in [-0.25, -0.2) is 0 Å². The normalized spacial score (nSPS) is 21.7. The molecule has 6 aliphatic rings. The van der Waals surface area contributed by atoms with Gasteiger partial charge in [-0.05, 0) is 182 Å². The molecule has 83 heavy (non-hydrogen) atoms. The summed E-state index contributed by atoms with van der Waals surface area (Å²) < 4.78 is 25.4. The Balaban J connectivity index is 1.22. The number of anilines is 1. The van der Waals surface area contributed by atoms with E-state index in [2.05, 4.69) is 95.4 Å². The van der Waals surface area contributed by atoms with Gasteiger partial charge in [-0.15, -0.1) is 0 Å². The Kier molecular flexibility index (Phi) is 21.1. The first-order chi connectivity index (χ1) is 40.3. The molecule has 4 aliphatic heterocycles. The summed E-state index contributed by atoms with van der Waals surface area (Å²) in [6.07, 6.45) is 16.8. The number of aliphatic hydroxyl groups excluding tert-OH is 2. The lowest BCUT2D eigenvalue weighted by molar-refractivity contribution is -0.121. The Morgan fingerprint density at radius 3 is 2.57 bits per heavy atom. The van der Waals surface area contributed by atoms with Crippen molar-refractivity contribution in [2.75, 3.05) is 59.4 Å². The lowest BCUT2D eigenvalue weighted by Gasteiger charge is -2.35. The second-order valence-electron chi connectivity index (χ2n) is 22.9. The summed E-state index contributed by atoms with van der Waals surface area (Å²) in [7, 11) is 5.17. The Hall–Kier alpha value is -7.12. The average Bonchev–Trinajstić information content (AvgIpc) is 2.64. The molecule has 14 nitrogen and oxygen atoms in total. The molecule has 4 heterocycles. The minimum absolute atomic E-state index is 0.00377. The topological polar surface area (TPSA) is 209 Å². The van der Waals surface area contributed by atoms with Crippen LogP contribution in [-0.2, 0) is 40.1 Å². The van der Waals surface area contributed by atoms with E-state index in [0.717, 1.165) is 96.1 Å². The maximum absolute atomic E-state index is 14.4. The number of hydrogen-bond donors (Lipinski definition) is 8. The molecular weight excluding hydrogens is 1040 g/mol. The maximum Gasteiger partial charge on any atom is 0.192 e. The zero-order valence-electron chi connectivity index (χ0n) is 49.0. The molecule has 5 aromatic rings. The molecule has 440 valence electrons. The van der Waals surface area contributed by atoms with Gasteiger partial charge in [0, 0.05) is 73.2 Å². The van der Waals surface area contributed by atoms with Crippen molar-refractivity contribution in [1.29, 1.82) is 0 Å². The summed E-state index contributed by atoms with van der Waals surface area (Å²) >= 11 is 0. The number of aliphatic hydroxyl groups is 3. The molecule has 0 fully saturated rings. The Labute approximate surface area is 490 Å². The van der Waals surface area contributed by atoms with E-state index in [9.17, 15) is 25.2 Å². The minimum Gasteiger partial charge on any atom is -0.508 e. The van der Waals surface area contributed by atoms with Crippen molar-refractivity contribution in [1.82, 2.24) is 10.6 Å². The molecule has 9 N–H and O–H groups in total. The Morgan fingerprint density at radius 1 is 0.940 bits per heavy atom. The molecule has 2 aliphatic carbocycles.